The Morgan fingerprint density at radius 1 is 1.10 bits per heavy atom. The number of anilines is 1. The lowest BCUT2D eigenvalue weighted by Crippen LogP contribution is -2.33. The first kappa shape index (κ1) is 19.5. The van der Waals surface area contributed by atoms with E-state index < -0.39 is 0 Å². The lowest BCUT2D eigenvalue weighted by molar-refractivity contribution is 0.0950. The Labute approximate surface area is 172 Å². The van der Waals surface area contributed by atoms with Gasteiger partial charge in [0, 0.05) is 24.3 Å². The third kappa shape index (κ3) is 4.77. The molecule has 3 N–H and O–H groups in total. The monoisotopic (exact) mass is 387 g/mol. The maximum atomic E-state index is 12.9. The van der Waals surface area contributed by atoms with Crippen LogP contribution in [0.5, 0.6) is 0 Å². The van der Waals surface area contributed by atoms with Gasteiger partial charge in [-0.2, -0.15) is 0 Å². The van der Waals surface area contributed by atoms with Gasteiger partial charge in [-0.1, -0.05) is 48.5 Å². The Balaban J connectivity index is 1.42. The van der Waals surface area contributed by atoms with Crippen molar-refractivity contribution >= 4 is 22.4 Å². The van der Waals surface area contributed by atoms with Gasteiger partial charge in [0.05, 0.1) is 0 Å². The molecule has 0 spiro atoms. The zero-order valence-corrected chi connectivity index (χ0v) is 17.0. The lowest BCUT2D eigenvalue weighted by atomic mass is 9.99. The molecular formula is C25H29N3O. The Hall–Kier alpha value is -2.85. The van der Waals surface area contributed by atoms with Crippen molar-refractivity contribution in [3.63, 3.8) is 0 Å². The molecule has 1 amide bonds. The third-order valence-electron chi connectivity index (χ3n) is 5.80. The van der Waals surface area contributed by atoms with Crippen LogP contribution in [0.3, 0.4) is 0 Å². The van der Waals surface area contributed by atoms with Gasteiger partial charge in [-0.05, 0) is 72.8 Å². The van der Waals surface area contributed by atoms with Crippen LogP contribution in [0, 0.1) is 12.8 Å². The summed E-state index contributed by atoms with van der Waals surface area (Å²) in [5, 5.41) is 12.4. The minimum atomic E-state index is -0.0292. The Morgan fingerprint density at radius 2 is 1.97 bits per heavy atom. The molecule has 150 valence electrons. The number of piperidine rings is 1. The van der Waals surface area contributed by atoms with Gasteiger partial charge in [-0.25, -0.2) is 0 Å². The van der Waals surface area contributed by atoms with E-state index in [1.807, 2.05) is 37.3 Å². The van der Waals surface area contributed by atoms with Crippen LogP contribution in [0.1, 0.15) is 34.3 Å². The molecule has 3 aromatic carbocycles. The molecule has 1 fully saturated rings. The predicted octanol–water partition coefficient (Wildman–Crippen LogP) is 4.49. The first-order valence-electron chi connectivity index (χ1n) is 10.5. The van der Waals surface area contributed by atoms with E-state index >= 15 is 0 Å². The predicted molar refractivity (Wildman–Crippen MR) is 120 cm³/mol. The molecule has 1 saturated heterocycles. The average molecular weight is 388 g/mol. The second kappa shape index (κ2) is 9.10. The van der Waals surface area contributed by atoms with Crippen LogP contribution in [0.2, 0.25) is 0 Å². The first-order valence-corrected chi connectivity index (χ1v) is 10.5. The molecule has 1 unspecified atom stereocenters. The number of amides is 1. The molecular weight excluding hydrogens is 358 g/mol. The van der Waals surface area contributed by atoms with Crippen LogP contribution in [-0.2, 0) is 6.54 Å². The number of hydrogen-bond acceptors (Lipinski definition) is 3. The molecule has 1 aliphatic heterocycles. The number of aryl methyl sites for hydroxylation is 1. The lowest BCUT2D eigenvalue weighted by Gasteiger charge is -2.23. The number of fused-ring (bicyclic) bond motifs is 1. The Morgan fingerprint density at radius 3 is 2.83 bits per heavy atom. The van der Waals surface area contributed by atoms with E-state index in [-0.39, 0.29) is 5.91 Å². The first-order chi connectivity index (χ1) is 14.2. The van der Waals surface area contributed by atoms with Crippen molar-refractivity contribution in [1.82, 2.24) is 10.6 Å². The summed E-state index contributed by atoms with van der Waals surface area (Å²) in [4.78, 5) is 12.9. The summed E-state index contributed by atoms with van der Waals surface area (Å²) in [6.07, 6.45) is 2.49. The topological polar surface area (TPSA) is 53.2 Å². The molecule has 1 heterocycles. The number of rotatable bonds is 6. The van der Waals surface area contributed by atoms with Crippen molar-refractivity contribution in [2.45, 2.75) is 26.3 Å². The highest BCUT2D eigenvalue weighted by molar-refractivity contribution is 5.97. The zero-order chi connectivity index (χ0) is 20.1. The normalized spacial score (nSPS) is 16.5. The van der Waals surface area contributed by atoms with Crippen molar-refractivity contribution in [1.29, 1.82) is 0 Å². The van der Waals surface area contributed by atoms with Gasteiger partial charge in [-0.15, -0.1) is 0 Å². The molecule has 0 bridgehead atoms. The van der Waals surface area contributed by atoms with Gasteiger partial charge < -0.3 is 16.0 Å². The highest BCUT2D eigenvalue weighted by atomic mass is 16.1. The van der Waals surface area contributed by atoms with Crippen molar-refractivity contribution < 1.29 is 4.79 Å². The van der Waals surface area contributed by atoms with Gasteiger partial charge in [0.2, 0.25) is 0 Å². The van der Waals surface area contributed by atoms with E-state index in [1.165, 1.54) is 23.6 Å². The average Bonchev–Trinajstić information content (AvgIpc) is 2.77. The SMILES string of the molecule is Cc1ccc(NCC2CCCNC2)cc1C(=O)NCc1cccc2ccccc12. The molecule has 1 aliphatic rings. The van der Waals surface area contributed by atoms with E-state index in [4.69, 9.17) is 0 Å². The molecule has 4 nitrogen and oxygen atoms in total. The molecule has 0 aliphatic carbocycles. The second-order valence-corrected chi connectivity index (χ2v) is 7.94. The summed E-state index contributed by atoms with van der Waals surface area (Å²) in [7, 11) is 0. The minimum absolute atomic E-state index is 0.0292. The second-order valence-electron chi connectivity index (χ2n) is 7.94. The Kier molecular flexibility index (Phi) is 6.11. The van der Waals surface area contributed by atoms with E-state index in [2.05, 4.69) is 46.3 Å². The van der Waals surface area contributed by atoms with Gasteiger partial charge in [0.15, 0.2) is 0 Å². The highest BCUT2D eigenvalue weighted by Gasteiger charge is 2.14. The fourth-order valence-corrected chi connectivity index (χ4v) is 4.05. The fourth-order valence-electron chi connectivity index (χ4n) is 4.05. The maximum absolute atomic E-state index is 12.9. The number of carbonyl (C=O) groups is 1. The number of nitrogens with one attached hydrogen (secondary N) is 3. The van der Waals surface area contributed by atoms with Gasteiger partial charge >= 0.3 is 0 Å². The maximum Gasteiger partial charge on any atom is 0.251 e. The van der Waals surface area contributed by atoms with Gasteiger partial charge in [0.1, 0.15) is 0 Å². The highest BCUT2D eigenvalue weighted by Crippen LogP contribution is 2.20. The van der Waals surface area contributed by atoms with Crippen LogP contribution >= 0.6 is 0 Å². The molecule has 3 aromatic rings. The molecule has 29 heavy (non-hydrogen) atoms. The van der Waals surface area contributed by atoms with Crippen molar-refractivity contribution in [3.8, 4) is 0 Å². The van der Waals surface area contributed by atoms with Crippen molar-refractivity contribution in [2.24, 2.45) is 5.92 Å². The molecule has 0 aromatic heterocycles. The van der Waals surface area contributed by atoms with Crippen LogP contribution < -0.4 is 16.0 Å². The van der Waals surface area contributed by atoms with Crippen LogP contribution in [0.4, 0.5) is 5.69 Å². The molecule has 4 rings (SSSR count). The van der Waals surface area contributed by atoms with Gasteiger partial charge in [0.25, 0.3) is 5.91 Å². The van der Waals surface area contributed by atoms with Crippen molar-refractivity contribution in [3.05, 3.63) is 77.4 Å². The van der Waals surface area contributed by atoms with Gasteiger partial charge in [-0.3, -0.25) is 4.79 Å². The molecule has 4 heteroatoms. The summed E-state index contributed by atoms with van der Waals surface area (Å²) >= 11 is 0. The van der Waals surface area contributed by atoms with E-state index in [9.17, 15) is 4.79 Å². The van der Waals surface area contributed by atoms with Crippen LogP contribution in [0.15, 0.2) is 60.7 Å². The van der Waals surface area contributed by atoms with Crippen LogP contribution in [-0.4, -0.2) is 25.5 Å². The van der Waals surface area contributed by atoms with Crippen LogP contribution in [0.25, 0.3) is 10.8 Å². The number of hydrogen-bond donors (Lipinski definition) is 3. The largest absolute Gasteiger partial charge is 0.385 e. The smallest absolute Gasteiger partial charge is 0.251 e. The number of carbonyl (C=O) groups excluding carboxylic acids is 1. The third-order valence-corrected chi connectivity index (χ3v) is 5.80. The quantitative estimate of drug-likeness (QED) is 0.584. The minimum Gasteiger partial charge on any atom is -0.385 e. The number of benzene rings is 3. The summed E-state index contributed by atoms with van der Waals surface area (Å²) in [5.41, 5.74) is 3.87. The molecule has 0 radical (unpaired) electrons. The van der Waals surface area contributed by atoms with E-state index in [0.29, 0.717) is 12.5 Å². The summed E-state index contributed by atoms with van der Waals surface area (Å²) in [5.74, 6) is 0.618. The summed E-state index contributed by atoms with van der Waals surface area (Å²) < 4.78 is 0. The fraction of sp³-hybridized carbons (Fsp3) is 0.320. The van der Waals surface area contributed by atoms with E-state index in [0.717, 1.165) is 42.0 Å². The zero-order valence-electron chi connectivity index (χ0n) is 17.0. The molecule has 1 atom stereocenters. The van der Waals surface area contributed by atoms with Crippen molar-refractivity contribution in [2.75, 3.05) is 25.0 Å². The molecule has 0 saturated carbocycles. The Bertz CT molecular complexity index is 987. The summed E-state index contributed by atoms with van der Waals surface area (Å²) in [6, 6.07) is 20.6. The standard InChI is InChI=1S/C25H29N3O/c1-18-11-12-22(27-16-19-6-5-13-26-15-19)14-24(18)25(29)28-17-21-9-4-8-20-7-2-3-10-23(20)21/h2-4,7-12,14,19,26-27H,5-6,13,15-17H2,1H3,(H,28,29). The van der Waals surface area contributed by atoms with E-state index in [1.54, 1.807) is 0 Å². The summed E-state index contributed by atoms with van der Waals surface area (Å²) in [6.45, 7) is 5.64.